The van der Waals surface area contributed by atoms with E-state index in [1.54, 1.807) is 6.08 Å². The minimum atomic E-state index is -0.492. The van der Waals surface area contributed by atoms with E-state index in [0.717, 1.165) is 18.1 Å². The van der Waals surface area contributed by atoms with Crippen molar-refractivity contribution in [3.63, 3.8) is 0 Å². The Labute approximate surface area is 150 Å². The van der Waals surface area contributed by atoms with Gasteiger partial charge in [0.25, 0.3) is 0 Å². The molecule has 0 saturated heterocycles. The summed E-state index contributed by atoms with van der Waals surface area (Å²) in [5.41, 5.74) is 2.11. The number of rotatable bonds is 8. The Morgan fingerprint density at radius 2 is 2.04 bits per heavy atom. The Morgan fingerprint density at radius 3 is 2.68 bits per heavy atom. The Morgan fingerprint density at radius 1 is 1.32 bits per heavy atom. The lowest BCUT2D eigenvalue weighted by Gasteiger charge is -2.03. The van der Waals surface area contributed by atoms with Crippen LogP contribution in [0.15, 0.2) is 86.8 Å². The van der Waals surface area contributed by atoms with Crippen molar-refractivity contribution < 1.29 is 9.52 Å². The number of allylic oxidation sites excluding steroid dienone is 7. The van der Waals surface area contributed by atoms with Crippen molar-refractivity contribution in [2.24, 2.45) is 4.99 Å². The Kier molecular flexibility index (Phi) is 9.20. The summed E-state index contributed by atoms with van der Waals surface area (Å²) in [6, 6.07) is 1.16. The zero-order valence-electron chi connectivity index (χ0n) is 14.6. The van der Waals surface area contributed by atoms with Gasteiger partial charge in [-0.15, -0.1) is 0 Å². The first-order valence-corrected chi connectivity index (χ1v) is 8.48. The molecule has 0 fully saturated rings. The normalized spacial score (nSPS) is 13.8. The molecule has 4 nitrogen and oxygen atoms in total. The van der Waals surface area contributed by atoms with Crippen molar-refractivity contribution in [2.45, 2.75) is 20.3 Å². The lowest BCUT2D eigenvalue weighted by Crippen LogP contribution is -2.04. The molecule has 1 heterocycles. The molecule has 0 aliphatic carbocycles. The van der Waals surface area contributed by atoms with Crippen molar-refractivity contribution in [3.05, 3.63) is 88.6 Å². The fourth-order valence-corrected chi connectivity index (χ4v) is 2.20. The van der Waals surface area contributed by atoms with E-state index in [4.69, 9.17) is 4.42 Å². The van der Waals surface area contributed by atoms with Crippen LogP contribution in [0.2, 0.25) is 0 Å². The fraction of sp³-hybridized carbons (Fsp3) is 0.200. The summed E-state index contributed by atoms with van der Waals surface area (Å²) in [5.74, 6) is -0.358. The van der Waals surface area contributed by atoms with Gasteiger partial charge in [0, 0.05) is 6.07 Å². The van der Waals surface area contributed by atoms with Crippen molar-refractivity contribution in [1.29, 1.82) is 0 Å². The molecule has 0 aromatic carbocycles. The van der Waals surface area contributed by atoms with Gasteiger partial charge in [-0.25, -0.2) is 0 Å². The minimum absolute atomic E-state index is 0.0719. The average molecular weight is 357 g/mol. The molecular weight excluding hydrogens is 333 g/mol. The van der Waals surface area contributed by atoms with Crippen LogP contribution in [-0.2, 0) is 0 Å². The molecule has 25 heavy (non-hydrogen) atoms. The van der Waals surface area contributed by atoms with Crippen LogP contribution in [0.5, 0.6) is 5.75 Å². The molecule has 0 bridgehead atoms. The SMILES string of the molecule is C=C/C=C\C(=C/C)C/C=C\C(=C/C)CN=C(P)c1occc(=O)c1O. The van der Waals surface area contributed by atoms with E-state index in [-0.39, 0.29) is 5.76 Å². The summed E-state index contributed by atoms with van der Waals surface area (Å²) in [6.07, 6.45) is 15.8. The molecule has 0 radical (unpaired) electrons. The molecule has 0 amide bonds. The van der Waals surface area contributed by atoms with Gasteiger partial charge in [-0.3, -0.25) is 9.79 Å². The molecule has 1 aromatic rings. The largest absolute Gasteiger partial charge is 0.501 e. The Balaban J connectivity index is 2.78. The molecule has 0 spiro atoms. The molecule has 1 unspecified atom stereocenters. The van der Waals surface area contributed by atoms with Crippen molar-refractivity contribution in [2.75, 3.05) is 6.54 Å². The molecule has 5 heteroatoms. The smallest absolute Gasteiger partial charge is 0.227 e. The maximum absolute atomic E-state index is 11.4. The van der Waals surface area contributed by atoms with Gasteiger partial charge in [-0.1, -0.05) is 58.4 Å². The van der Waals surface area contributed by atoms with Crippen LogP contribution in [0, 0.1) is 0 Å². The first-order valence-electron chi connectivity index (χ1n) is 7.90. The molecule has 1 aromatic heterocycles. The van der Waals surface area contributed by atoms with E-state index >= 15 is 0 Å². The van der Waals surface area contributed by atoms with Gasteiger partial charge in [0.05, 0.1) is 18.3 Å². The highest BCUT2D eigenvalue weighted by atomic mass is 31.0. The maximum atomic E-state index is 11.4. The predicted octanol–water partition coefficient (Wildman–Crippen LogP) is 4.55. The first-order chi connectivity index (χ1) is 12.0. The summed E-state index contributed by atoms with van der Waals surface area (Å²) in [4.78, 5) is 15.8. The molecule has 1 rings (SSSR count). The van der Waals surface area contributed by atoms with E-state index in [1.807, 2.05) is 38.2 Å². The van der Waals surface area contributed by atoms with Gasteiger partial charge >= 0.3 is 0 Å². The number of aromatic hydroxyl groups is 1. The highest BCUT2D eigenvalue weighted by Crippen LogP contribution is 2.16. The average Bonchev–Trinajstić information content (AvgIpc) is 2.62. The van der Waals surface area contributed by atoms with Crippen LogP contribution in [-0.4, -0.2) is 17.1 Å². The number of nitrogens with zero attached hydrogens (tertiary/aromatic N) is 1. The van der Waals surface area contributed by atoms with Crippen LogP contribution in [0.3, 0.4) is 0 Å². The van der Waals surface area contributed by atoms with E-state index in [2.05, 4.69) is 33.0 Å². The van der Waals surface area contributed by atoms with Crippen LogP contribution in [0.25, 0.3) is 0 Å². The summed E-state index contributed by atoms with van der Waals surface area (Å²) in [5, 5.41) is 9.74. The molecule has 0 aliphatic heterocycles. The minimum Gasteiger partial charge on any atom is -0.501 e. The number of hydrogen-bond acceptors (Lipinski definition) is 4. The molecular formula is C20H24NO3P. The lowest BCUT2D eigenvalue weighted by molar-refractivity contribution is 0.425. The van der Waals surface area contributed by atoms with Gasteiger partial charge in [-0.2, -0.15) is 0 Å². The van der Waals surface area contributed by atoms with E-state index in [0.29, 0.717) is 12.0 Å². The van der Waals surface area contributed by atoms with E-state index < -0.39 is 11.2 Å². The van der Waals surface area contributed by atoms with Crippen molar-refractivity contribution in [3.8, 4) is 5.75 Å². The van der Waals surface area contributed by atoms with Crippen LogP contribution in [0.1, 0.15) is 26.0 Å². The summed E-state index contributed by atoms with van der Waals surface area (Å²) >= 11 is 0. The monoisotopic (exact) mass is 357 g/mol. The second-order valence-electron chi connectivity index (χ2n) is 5.09. The summed E-state index contributed by atoms with van der Waals surface area (Å²) < 4.78 is 5.17. The number of hydrogen-bond donors (Lipinski definition) is 1. The second kappa shape index (κ2) is 11.2. The van der Waals surface area contributed by atoms with Crippen molar-refractivity contribution >= 4 is 14.7 Å². The van der Waals surface area contributed by atoms with Gasteiger partial charge < -0.3 is 9.52 Å². The zero-order chi connectivity index (χ0) is 18.7. The zero-order valence-corrected chi connectivity index (χ0v) is 15.8. The highest BCUT2D eigenvalue weighted by molar-refractivity contribution is 7.41. The quantitative estimate of drug-likeness (QED) is 0.422. The van der Waals surface area contributed by atoms with Gasteiger partial charge in [-0.05, 0) is 31.4 Å². The highest BCUT2D eigenvalue weighted by Gasteiger charge is 2.10. The van der Waals surface area contributed by atoms with Gasteiger partial charge in [0.15, 0.2) is 5.76 Å². The van der Waals surface area contributed by atoms with E-state index in [9.17, 15) is 9.90 Å². The number of aliphatic imine (C=N–C) groups is 1. The molecule has 132 valence electrons. The molecule has 1 N–H and O–H groups in total. The van der Waals surface area contributed by atoms with Crippen molar-refractivity contribution in [1.82, 2.24) is 0 Å². The molecule has 0 saturated carbocycles. The maximum Gasteiger partial charge on any atom is 0.227 e. The van der Waals surface area contributed by atoms with Crippen LogP contribution >= 0.6 is 9.24 Å². The lowest BCUT2D eigenvalue weighted by atomic mass is 10.1. The Bertz CT molecular complexity index is 795. The molecule has 0 aliphatic rings. The van der Waals surface area contributed by atoms with Crippen LogP contribution in [0.4, 0.5) is 0 Å². The third kappa shape index (κ3) is 6.90. The molecule has 1 atom stereocenters. The second-order valence-corrected chi connectivity index (χ2v) is 5.64. The van der Waals surface area contributed by atoms with Gasteiger partial charge in [0.1, 0.15) is 0 Å². The summed E-state index contributed by atoms with van der Waals surface area (Å²) in [6.45, 7) is 8.01. The first kappa shape index (κ1) is 20.6. The Hall–Kier alpha value is -2.45. The summed E-state index contributed by atoms with van der Waals surface area (Å²) in [7, 11) is 2.38. The van der Waals surface area contributed by atoms with Gasteiger partial charge in [0.2, 0.25) is 11.2 Å². The fourth-order valence-electron chi connectivity index (χ4n) is 1.90. The van der Waals surface area contributed by atoms with Crippen LogP contribution < -0.4 is 5.43 Å². The predicted molar refractivity (Wildman–Crippen MR) is 108 cm³/mol. The topological polar surface area (TPSA) is 62.8 Å². The third-order valence-corrected chi connectivity index (χ3v) is 3.84. The third-order valence-electron chi connectivity index (χ3n) is 3.39. The standard InChI is InChI=1S/C20H24NO3P/c1-4-7-9-15(5-2)10-8-11-16(6-3)14-21-20(25)19-18(23)17(22)12-13-24-19/h4-9,11-13,23H,1,10,14,25H2,2-3H3/b9-7-,11-8-,15-5+,16-6+,21-20?. The van der Waals surface area contributed by atoms with E-state index in [1.165, 1.54) is 11.8 Å².